The molecule has 4 rings (SSSR count). The molecule has 1 amide bonds. The molecule has 0 atom stereocenters. The van der Waals surface area contributed by atoms with Gasteiger partial charge in [-0.1, -0.05) is 18.2 Å². The molecule has 0 bridgehead atoms. The van der Waals surface area contributed by atoms with Crippen molar-refractivity contribution in [2.24, 2.45) is 0 Å². The normalized spacial score (nSPS) is 22.1. The van der Waals surface area contributed by atoms with Crippen LogP contribution in [0.2, 0.25) is 0 Å². The van der Waals surface area contributed by atoms with E-state index in [0.717, 1.165) is 23.7 Å². The van der Waals surface area contributed by atoms with Gasteiger partial charge in [-0.25, -0.2) is 4.39 Å². The Morgan fingerprint density at radius 2 is 1.82 bits per heavy atom. The highest BCUT2D eigenvalue weighted by molar-refractivity contribution is 5.91. The predicted molar refractivity (Wildman–Crippen MR) is 108 cm³/mol. The van der Waals surface area contributed by atoms with E-state index < -0.39 is 5.60 Å². The second-order valence-corrected chi connectivity index (χ2v) is 7.65. The lowest BCUT2D eigenvalue weighted by Crippen LogP contribution is -2.37. The van der Waals surface area contributed by atoms with Crippen molar-refractivity contribution in [1.82, 2.24) is 4.98 Å². The van der Waals surface area contributed by atoms with Crippen LogP contribution < -0.4 is 5.32 Å². The summed E-state index contributed by atoms with van der Waals surface area (Å²) in [5, 5.41) is 14.8. The van der Waals surface area contributed by atoms with E-state index in [1.807, 2.05) is 24.4 Å². The summed E-state index contributed by atoms with van der Waals surface area (Å²) in [4.78, 5) is 16.7. The van der Waals surface area contributed by atoms with Crippen LogP contribution in [0.4, 0.5) is 10.1 Å². The first-order valence-corrected chi connectivity index (χ1v) is 9.64. The van der Waals surface area contributed by atoms with Gasteiger partial charge in [0.15, 0.2) is 0 Å². The Bertz CT molecular complexity index is 974. The smallest absolute Gasteiger partial charge is 0.227 e. The third-order valence-corrected chi connectivity index (χ3v) is 5.66. The van der Waals surface area contributed by atoms with E-state index in [2.05, 4.69) is 22.4 Å². The maximum atomic E-state index is 13.0. The maximum Gasteiger partial charge on any atom is 0.227 e. The number of benzene rings is 2. The van der Waals surface area contributed by atoms with Gasteiger partial charge in [-0.05, 0) is 73.6 Å². The van der Waals surface area contributed by atoms with Gasteiger partial charge in [-0.15, -0.1) is 0 Å². The monoisotopic (exact) mass is 378 g/mol. The number of carbonyl (C=O) groups is 1. The van der Waals surface area contributed by atoms with Crippen LogP contribution in [-0.2, 0) is 4.79 Å². The summed E-state index contributed by atoms with van der Waals surface area (Å²) in [6.07, 6.45) is 4.70. The van der Waals surface area contributed by atoms with Crippen LogP contribution in [0.1, 0.15) is 43.6 Å². The number of amides is 1. The summed E-state index contributed by atoms with van der Waals surface area (Å²) in [7, 11) is 0. The molecule has 0 unspecified atom stereocenters. The standard InChI is InChI=1S/C23H23FN2O2/c24-17-5-7-18(8-6-17)26-22(27)15-23(28)12-9-16(10-13-23)19-11-14-25-21-4-2-1-3-20(19)21/h1-8,11,14,16,28H,9-10,12-13,15H2,(H,26,27). The number of para-hydroxylation sites is 1. The molecular formula is C23H23FN2O2. The largest absolute Gasteiger partial charge is 0.389 e. The Morgan fingerprint density at radius 3 is 2.57 bits per heavy atom. The van der Waals surface area contributed by atoms with Crippen LogP contribution in [0, 0.1) is 5.82 Å². The molecule has 0 radical (unpaired) electrons. The topological polar surface area (TPSA) is 62.2 Å². The molecule has 2 N–H and O–H groups in total. The van der Waals surface area contributed by atoms with Gasteiger partial charge in [0.2, 0.25) is 5.91 Å². The van der Waals surface area contributed by atoms with Crippen molar-refractivity contribution < 1.29 is 14.3 Å². The molecule has 1 aliphatic carbocycles. The number of hydrogen-bond acceptors (Lipinski definition) is 3. The lowest BCUT2D eigenvalue weighted by molar-refractivity contribution is -0.122. The van der Waals surface area contributed by atoms with Crippen LogP contribution in [0.15, 0.2) is 60.8 Å². The third kappa shape index (κ3) is 4.04. The van der Waals surface area contributed by atoms with Gasteiger partial charge in [0.05, 0.1) is 17.5 Å². The first-order chi connectivity index (χ1) is 13.5. The molecule has 144 valence electrons. The van der Waals surface area contributed by atoms with Crippen molar-refractivity contribution in [2.45, 2.75) is 43.6 Å². The first kappa shape index (κ1) is 18.6. The molecule has 0 spiro atoms. The molecule has 0 aliphatic heterocycles. The van der Waals surface area contributed by atoms with Crippen LogP contribution in [-0.4, -0.2) is 21.6 Å². The van der Waals surface area contributed by atoms with Crippen molar-refractivity contribution in [3.63, 3.8) is 0 Å². The fraction of sp³-hybridized carbons (Fsp3) is 0.304. The summed E-state index contributed by atoms with van der Waals surface area (Å²) in [5.41, 5.74) is 1.79. The van der Waals surface area contributed by atoms with Gasteiger partial charge >= 0.3 is 0 Å². The molecular weight excluding hydrogens is 355 g/mol. The van der Waals surface area contributed by atoms with E-state index in [-0.39, 0.29) is 18.1 Å². The zero-order valence-electron chi connectivity index (χ0n) is 15.6. The molecule has 3 aromatic rings. The zero-order valence-corrected chi connectivity index (χ0v) is 15.6. The van der Waals surface area contributed by atoms with Crippen LogP contribution in [0.3, 0.4) is 0 Å². The molecule has 4 nitrogen and oxygen atoms in total. The van der Waals surface area contributed by atoms with Gasteiger partial charge in [0.25, 0.3) is 0 Å². The number of aromatic nitrogens is 1. The molecule has 28 heavy (non-hydrogen) atoms. The van der Waals surface area contributed by atoms with Crippen molar-refractivity contribution in [2.75, 3.05) is 5.32 Å². The van der Waals surface area contributed by atoms with Crippen molar-refractivity contribution in [1.29, 1.82) is 0 Å². The van der Waals surface area contributed by atoms with E-state index in [9.17, 15) is 14.3 Å². The second kappa shape index (κ2) is 7.68. The van der Waals surface area contributed by atoms with E-state index >= 15 is 0 Å². The van der Waals surface area contributed by atoms with Gasteiger partial charge in [0.1, 0.15) is 5.82 Å². The molecule has 5 heteroatoms. The van der Waals surface area contributed by atoms with E-state index in [4.69, 9.17) is 0 Å². The molecule has 1 aromatic heterocycles. The number of halogens is 1. The number of aliphatic hydroxyl groups is 1. The van der Waals surface area contributed by atoms with Crippen molar-refractivity contribution in [3.8, 4) is 0 Å². The highest BCUT2D eigenvalue weighted by atomic mass is 19.1. The molecule has 2 aromatic carbocycles. The summed E-state index contributed by atoms with van der Waals surface area (Å²) < 4.78 is 13.0. The summed E-state index contributed by atoms with van der Waals surface area (Å²) in [6, 6.07) is 15.8. The molecule has 1 saturated carbocycles. The second-order valence-electron chi connectivity index (χ2n) is 7.65. The molecule has 1 heterocycles. The number of carbonyl (C=O) groups excluding carboxylic acids is 1. The first-order valence-electron chi connectivity index (χ1n) is 9.64. The minimum atomic E-state index is -0.997. The van der Waals surface area contributed by atoms with E-state index in [1.54, 1.807) is 0 Å². The zero-order chi connectivity index (χ0) is 19.6. The quantitative estimate of drug-likeness (QED) is 0.686. The SMILES string of the molecule is O=C(CC1(O)CCC(c2ccnc3ccccc23)CC1)Nc1ccc(F)cc1. The highest BCUT2D eigenvalue weighted by Crippen LogP contribution is 2.41. The summed E-state index contributed by atoms with van der Waals surface area (Å²) in [6.45, 7) is 0. The summed E-state index contributed by atoms with van der Waals surface area (Å²) >= 11 is 0. The average molecular weight is 378 g/mol. The van der Waals surface area contributed by atoms with Crippen LogP contribution >= 0.6 is 0 Å². The van der Waals surface area contributed by atoms with Gasteiger partial charge in [-0.2, -0.15) is 0 Å². The Hall–Kier alpha value is -2.79. The average Bonchev–Trinajstić information content (AvgIpc) is 2.70. The number of fused-ring (bicyclic) bond motifs is 1. The molecule has 1 aliphatic rings. The molecule has 0 saturated heterocycles. The van der Waals surface area contributed by atoms with Crippen molar-refractivity contribution >= 4 is 22.5 Å². The fourth-order valence-electron chi connectivity index (χ4n) is 4.15. The van der Waals surface area contributed by atoms with Crippen molar-refractivity contribution in [3.05, 3.63) is 72.2 Å². The number of anilines is 1. The molecule has 1 fully saturated rings. The van der Waals surface area contributed by atoms with E-state index in [1.165, 1.54) is 29.8 Å². The predicted octanol–water partition coefficient (Wildman–Crippen LogP) is 4.79. The minimum absolute atomic E-state index is 0.0498. The highest BCUT2D eigenvalue weighted by Gasteiger charge is 2.36. The maximum absolute atomic E-state index is 13.0. The van der Waals surface area contributed by atoms with E-state index in [0.29, 0.717) is 24.4 Å². The third-order valence-electron chi connectivity index (χ3n) is 5.66. The Morgan fingerprint density at radius 1 is 1.11 bits per heavy atom. The number of pyridine rings is 1. The number of rotatable bonds is 4. The number of hydrogen-bond donors (Lipinski definition) is 2. The number of nitrogens with zero attached hydrogens (tertiary/aromatic N) is 1. The lowest BCUT2D eigenvalue weighted by Gasteiger charge is -2.36. The Kier molecular flexibility index (Phi) is 5.09. The Labute approximate surface area is 163 Å². The summed E-state index contributed by atoms with van der Waals surface area (Å²) in [5.74, 6) is -0.242. The lowest BCUT2D eigenvalue weighted by atomic mass is 9.74. The van der Waals surface area contributed by atoms with Crippen LogP contribution in [0.5, 0.6) is 0 Å². The van der Waals surface area contributed by atoms with Gasteiger partial charge in [-0.3, -0.25) is 9.78 Å². The van der Waals surface area contributed by atoms with Gasteiger partial charge in [0, 0.05) is 17.3 Å². The van der Waals surface area contributed by atoms with Gasteiger partial charge < -0.3 is 10.4 Å². The fourth-order valence-corrected chi connectivity index (χ4v) is 4.15. The number of nitrogens with one attached hydrogen (secondary N) is 1. The van der Waals surface area contributed by atoms with Crippen LogP contribution in [0.25, 0.3) is 10.9 Å². The minimum Gasteiger partial charge on any atom is -0.389 e. The Balaban J connectivity index is 1.39.